The highest BCUT2D eigenvalue weighted by Crippen LogP contribution is 2.37. The van der Waals surface area contributed by atoms with Gasteiger partial charge >= 0.3 is 6.09 Å². The van der Waals surface area contributed by atoms with Crippen molar-refractivity contribution in [2.24, 2.45) is 0 Å². The number of carbonyl (C=O) groups excluding carboxylic acids is 1. The quantitative estimate of drug-likeness (QED) is 0.299. The van der Waals surface area contributed by atoms with Crippen LogP contribution in [0.2, 0.25) is 20.1 Å². The first-order chi connectivity index (χ1) is 15.4. The highest BCUT2D eigenvalue weighted by molar-refractivity contribution is 6.40. The lowest BCUT2D eigenvalue weighted by molar-refractivity contribution is 0.155. The molecule has 0 bridgehead atoms. The van der Waals surface area contributed by atoms with Crippen LogP contribution in [0.4, 0.5) is 10.5 Å². The zero-order valence-electron chi connectivity index (χ0n) is 16.4. The standard InChI is InChI=1S/C23H15Cl4N3O2/c24-16-8-6-14(7-9-16)13-32-23(31)29-20-12-28-30(21(20)15-4-2-1-3-5-15)22-18(26)10-17(25)11-19(22)27/h1-12H,13H2,(H,29,31). The second kappa shape index (κ2) is 9.84. The average molecular weight is 507 g/mol. The fourth-order valence-corrected chi connectivity index (χ4v) is 4.20. The highest BCUT2D eigenvalue weighted by atomic mass is 35.5. The van der Waals surface area contributed by atoms with Gasteiger partial charge < -0.3 is 4.74 Å². The lowest BCUT2D eigenvalue weighted by Crippen LogP contribution is -2.14. The predicted octanol–water partition coefficient (Wildman–Crippen LogP) is 7.90. The van der Waals surface area contributed by atoms with Crippen molar-refractivity contribution in [3.63, 3.8) is 0 Å². The van der Waals surface area contributed by atoms with Gasteiger partial charge in [-0.15, -0.1) is 0 Å². The summed E-state index contributed by atoms with van der Waals surface area (Å²) in [6.07, 6.45) is 0.873. The summed E-state index contributed by atoms with van der Waals surface area (Å²) in [5, 5.41) is 8.81. The van der Waals surface area contributed by atoms with Crippen LogP contribution in [0.25, 0.3) is 16.9 Å². The van der Waals surface area contributed by atoms with E-state index in [-0.39, 0.29) is 6.61 Å². The molecule has 162 valence electrons. The Morgan fingerprint density at radius 3 is 2.22 bits per heavy atom. The minimum absolute atomic E-state index is 0.0899. The molecule has 9 heteroatoms. The smallest absolute Gasteiger partial charge is 0.412 e. The minimum atomic E-state index is -0.634. The van der Waals surface area contributed by atoms with Crippen LogP contribution in [0, 0.1) is 0 Å². The van der Waals surface area contributed by atoms with E-state index in [0.717, 1.165) is 11.1 Å². The van der Waals surface area contributed by atoms with E-state index in [1.54, 1.807) is 41.1 Å². The number of nitrogens with zero attached hydrogens (tertiary/aromatic N) is 2. The number of amides is 1. The Morgan fingerprint density at radius 2 is 1.56 bits per heavy atom. The Kier molecular flexibility index (Phi) is 6.92. The van der Waals surface area contributed by atoms with Crippen molar-refractivity contribution >= 4 is 58.2 Å². The van der Waals surface area contributed by atoms with E-state index < -0.39 is 6.09 Å². The van der Waals surface area contributed by atoms with Crippen LogP contribution in [-0.2, 0) is 11.3 Å². The molecule has 0 atom stereocenters. The highest BCUT2D eigenvalue weighted by Gasteiger charge is 2.20. The van der Waals surface area contributed by atoms with Crippen molar-refractivity contribution < 1.29 is 9.53 Å². The summed E-state index contributed by atoms with van der Waals surface area (Å²) < 4.78 is 6.90. The number of ether oxygens (including phenoxy) is 1. The molecule has 0 aliphatic carbocycles. The molecule has 3 aromatic carbocycles. The second-order valence-electron chi connectivity index (χ2n) is 6.73. The lowest BCUT2D eigenvalue weighted by Gasteiger charge is -2.14. The molecule has 4 rings (SSSR count). The van der Waals surface area contributed by atoms with E-state index >= 15 is 0 Å². The summed E-state index contributed by atoms with van der Waals surface area (Å²) in [6.45, 7) is 0.0899. The van der Waals surface area contributed by atoms with Gasteiger partial charge in [0.1, 0.15) is 12.3 Å². The van der Waals surface area contributed by atoms with Crippen molar-refractivity contribution in [1.82, 2.24) is 9.78 Å². The molecule has 0 saturated heterocycles. The Bertz CT molecular complexity index is 1240. The molecule has 1 aromatic heterocycles. The number of anilines is 1. The third-order valence-electron chi connectivity index (χ3n) is 4.53. The number of carbonyl (C=O) groups is 1. The summed E-state index contributed by atoms with van der Waals surface area (Å²) in [5.41, 5.74) is 3.06. The normalized spacial score (nSPS) is 10.8. The Labute approximate surface area is 204 Å². The van der Waals surface area contributed by atoms with Gasteiger partial charge in [-0.1, -0.05) is 88.9 Å². The third kappa shape index (κ3) is 5.03. The fourth-order valence-electron chi connectivity index (χ4n) is 3.10. The molecule has 0 radical (unpaired) electrons. The van der Waals surface area contributed by atoms with Gasteiger partial charge in [0.25, 0.3) is 0 Å². The van der Waals surface area contributed by atoms with Gasteiger partial charge in [-0.2, -0.15) is 5.10 Å². The molecule has 1 heterocycles. The van der Waals surface area contributed by atoms with Crippen molar-refractivity contribution in [1.29, 1.82) is 0 Å². The van der Waals surface area contributed by atoms with Gasteiger partial charge in [0.2, 0.25) is 0 Å². The summed E-state index contributed by atoms with van der Waals surface area (Å²) in [4.78, 5) is 12.5. The number of hydrogen-bond acceptors (Lipinski definition) is 3. The monoisotopic (exact) mass is 505 g/mol. The van der Waals surface area contributed by atoms with Crippen LogP contribution < -0.4 is 5.32 Å². The number of hydrogen-bond donors (Lipinski definition) is 1. The summed E-state index contributed by atoms with van der Waals surface area (Å²) in [7, 11) is 0. The predicted molar refractivity (Wildman–Crippen MR) is 129 cm³/mol. The number of rotatable bonds is 5. The van der Waals surface area contributed by atoms with Gasteiger partial charge in [0.15, 0.2) is 0 Å². The van der Waals surface area contributed by atoms with E-state index in [9.17, 15) is 4.79 Å². The lowest BCUT2D eigenvalue weighted by atomic mass is 10.1. The van der Waals surface area contributed by atoms with E-state index in [4.69, 9.17) is 51.1 Å². The largest absolute Gasteiger partial charge is 0.444 e. The molecule has 0 aliphatic rings. The molecule has 4 aromatic rings. The van der Waals surface area contributed by atoms with Crippen molar-refractivity contribution in [3.05, 3.63) is 98.6 Å². The number of benzene rings is 3. The average Bonchev–Trinajstić information content (AvgIpc) is 3.16. The van der Waals surface area contributed by atoms with Crippen LogP contribution >= 0.6 is 46.4 Å². The van der Waals surface area contributed by atoms with Crippen LogP contribution in [-0.4, -0.2) is 15.9 Å². The maximum Gasteiger partial charge on any atom is 0.412 e. The maximum absolute atomic E-state index is 12.5. The number of halogens is 4. The second-order valence-corrected chi connectivity index (χ2v) is 8.42. The van der Waals surface area contributed by atoms with Gasteiger partial charge in [0.05, 0.1) is 27.6 Å². The zero-order chi connectivity index (χ0) is 22.7. The fraction of sp³-hybridized carbons (Fsp3) is 0.0435. The molecule has 0 unspecified atom stereocenters. The molecule has 0 saturated carbocycles. The molecule has 0 aliphatic heterocycles. The Balaban J connectivity index is 1.66. The van der Waals surface area contributed by atoms with E-state index in [2.05, 4.69) is 10.4 Å². The minimum Gasteiger partial charge on any atom is -0.444 e. The van der Waals surface area contributed by atoms with E-state index in [1.165, 1.54) is 6.20 Å². The molecular weight excluding hydrogens is 492 g/mol. The summed E-state index contributed by atoms with van der Waals surface area (Å²) >= 11 is 24.8. The van der Waals surface area contributed by atoms with Crippen molar-refractivity contribution in [3.8, 4) is 16.9 Å². The van der Waals surface area contributed by atoms with Crippen LogP contribution in [0.5, 0.6) is 0 Å². The third-order valence-corrected chi connectivity index (χ3v) is 5.58. The van der Waals surface area contributed by atoms with Gasteiger partial charge in [-0.3, -0.25) is 5.32 Å². The topological polar surface area (TPSA) is 56.2 Å². The molecular formula is C23H15Cl4N3O2. The Morgan fingerprint density at radius 1 is 0.906 bits per heavy atom. The molecule has 5 nitrogen and oxygen atoms in total. The first-order valence-corrected chi connectivity index (χ1v) is 10.9. The van der Waals surface area contributed by atoms with Gasteiger partial charge in [-0.05, 0) is 29.8 Å². The zero-order valence-corrected chi connectivity index (χ0v) is 19.4. The first kappa shape index (κ1) is 22.5. The molecule has 1 amide bonds. The molecule has 0 fully saturated rings. The molecule has 1 N–H and O–H groups in total. The van der Waals surface area contributed by atoms with Crippen LogP contribution in [0.1, 0.15) is 5.56 Å². The van der Waals surface area contributed by atoms with Crippen LogP contribution in [0.3, 0.4) is 0 Å². The number of nitrogens with one attached hydrogen (secondary N) is 1. The Hall–Kier alpha value is -2.70. The van der Waals surface area contributed by atoms with Crippen LogP contribution in [0.15, 0.2) is 72.9 Å². The van der Waals surface area contributed by atoms with E-state index in [0.29, 0.717) is 37.2 Å². The first-order valence-electron chi connectivity index (χ1n) is 9.39. The van der Waals surface area contributed by atoms with Gasteiger partial charge in [0, 0.05) is 15.6 Å². The maximum atomic E-state index is 12.5. The summed E-state index contributed by atoms with van der Waals surface area (Å²) in [6, 6.07) is 19.6. The number of aromatic nitrogens is 2. The summed E-state index contributed by atoms with van der Waals surface area (Å²) in [5.74, 6) is 0. The molecule has 0 spiro atoms. The SMILES string of the molecule is O=C(Nc1cnn(-c2c(Cl)cc(Cl)cc2Cl)c1-c1ccccc1)OCc1ccc(Cl)cc1. The van der Waals surface area contributed by atoms with Crippen molar-refractivity contribution in [2.45, 2.75) is 6.61 Å². The molecule has 32 heavy (non-hydrogen) atoms. The van der Waals surface area contributed by atoms with Crippen molar-refractivity contribution in [2.75, 3.05) is 5.32 Å². The van der Waals surface area contributed by atoms with Gasteiger partial charge in [-0.25, -0.2) is 9.48 Å². The van der Waals surface area contributed by atoms with E-state index in [1.807, 2.05) is 30.3 Å².